The normalized spacial score (nSPS) is 15.3. The van der Waals surface area contributed by atoms with Gasteiger partial charge in [-0.15, -0.1) is 0 Å². The van der Waals surface area contributed by atoms with Crippen LogP contribution in [0.4, 0.5) is 5.69 Å². The second kappa shape index (κ2) is 4.95. The van der Waals surface area contributed by atoms with Crippen molar-refractivity contribution in [1.82, 2.24) is 5.43 Å². The maximum absolute atomic E-state index is 11.8. The topological polar surface area (TPSA) is 84.6 Å². The number of rotatable bonds is 4. The first-order chi connectivity index (χ1) is 8.59. The second-order valence-electron chi connectivity index (χ2n) is 4.24. The molecule has 0 aromatic heterocycles. The average Bonchev–Trinajstić information content (AvgIpc) is 3.19. The van der Waals surface area contributed by atoms with Crippen molar-refractivity contribution in [2.75, 3.05) is 0 Å². The number of nitrogens with one attached hydrogen (secondary N) is 1. The Bertz CT molecular complexity index is 521. The van der Waals surface area contributed by atoms with Gasteiger partial charge in [0.1, 0.15) is 5.56 Å². The number of nitro groups is 1. The van der Waals surface area contributed by atoms with Gasteiger partial charge in [-0.25, -0.2) is 5.43 Å². The van der Waals surface area contributed by atoms with E-state index in [0.717, 1.165) is 18.6 Å². The minimum atomic E-state index is -0.577. The highest BCUT2D eigenvalue weighted by molar-refractivity contribution is 5.99. The first kappa shape index (κ1) is 12.2. The molecule has 1 fully saturated rings. The zero-order valence-corrected chi connectivity index (χ0v) is 9.92. The largest absolute Gasteiger partial charge is 0.282 e. The first-order valence-electron chi connectivity index (χ1n) is 5.67. The van der Waals surface area contributed by atoms with Crippen molar-refractivity contribution in [1.29, 1.82) is 0 Å². The molecule has 2 rings (SSSR count). The molecule has 6 heteroatoms. The van der Waals surface area contributed by atoms with Gasteiger partial charge in [-0.3, -0.25) is 14.9 Å². The van der Waals surface area contributed by atoms with E-state index in [-0.39, 0.29) is 11.3 Å². The number of hydrogen-bond acceptors (Lipinski definition) is 4. The molecule has 0 saturated heterocycles. The fourth-order valence-corrected chi connectivity index (χ4v) is 1.62. The van der Waals surface area contributed by atoms with Gasteiger partial charge in [-0.2, -0.15) is 5.10 Å². The second-order valence-corrected chi connectivity index (χ2v) is 4.24. The number of carbonyl (C=O) groups excluding carboxylic acids is 1. The summed E-state index contributed by atoms with van der Waals surface area (Å²) in [6, 6.07) is 5.81. The molecule has 0 atom stereocenters. The lowest BCUT2D eigenvalue weighted by Crippen LogP contribution is -2.20. The zero-order chi connectivity index (χ0) is 13.1. The number of carbonyl (C=O) groups is 1. The van der Waals surface area contributed by atoms with E-state index in [1.807, 2.05) is 6.92 Å². The van der Waals surface area contributed by atoms with E-state index in [0.29, 0.717) is 5.92 Å². The molecular formula is C12H13N3O3. The Hall–Kier alpha value is -2.24. The summed E-state index contributed by atoms with van der Waals surface area (Å²) in [6.45, 7) is 1.84. The first-order valence-corrected chi connectivity index (χ1v) is 5.67. The van der Waals surface area contributed by atoms with E-state index in [2.05, 4.69) is 10.5 Å². The number of nitrogens with zero attached hydrogens (tertiary/aromatic N) is 2. The third kappa shape index (κ3) is 2.71. The molecule has 1 aliphatic carbocycles. The van der Waals surface area contributed by atoms with Crippen molar-refractivity contribution in [3.63, 3.8) is 0 Å². The van der Waals surface area contributed by atoms with Crippen LogP contribution in [-0.2, 0) is 0 Å². The number of hydrazone groups is 1. The SMILES string of the molecule is CC(=NNC(=O)c1ccccc1[N+](=O)[O-])C1CC1. The summed E-state index contributed by atoms with van der Waals surface area (Å²) in [5, 5.41) is 14.7. The van der Waals surface area contributed by atoms with Gasteiger partial charge in [0.25, 0.3) is 11.6 Å². The molecule has 0 unspecified atom stereocenters. The number of hydrogen-bond donors (Lipinski definition) is 1. The summed E-state index contributed by atoms with van der Waals surface area (Å²) in [5.41, 5.74) is 3.03. The molecule has 1 aromatic rings. The summed E-state index contributed by atoms with van der Waals surface area (Å²) in [7, 11) is 0. The molecule has 6 nitrogen and oxygen atoms in total. The minimum absolute atomic E-state index is 0.0230. The summed E-state index contributed by atoms with van der Waals surface area (Å²) < 4.78 is 0. The lowest BCUT2D eigenvalue weighted by Gasteiger charge is -2.02. The van der Waals surface area contributed by atoms with Gasteiger partial charge in [0.2, 0.25) is 0 Å². The van der Waals surface area contributed by atoms with Gasteiger partial charge >= 0.3 is 0 Å². The molecule has 0 heterocycles. The summed E-state index contributed by atoms with van der Waals surface area (Å²) >= 11 is 0. The average molecular weight is 247 g/mol. The maximum atomic E-state index is 11.8. The highest BCUT2D eigenvalue weighted by atomic mass is 16.6. The highest BCUT2D eigenvalue weighted by Gasteiger charge is 2.25. The van der Waals surface area contributed by atoms with Gasteiger partial charge in [-0.05, 0) is 31.7 Å². The van der Waals surface area contributed by atoms with E-state index in [4.69, 9.17) is 0 Å². The molecule has 0 spiro atoms. The Kier molecular flexibility index (Phi) is 3.36. The van der Waals surface area contributed by atoms with Crippen LogP contribution in [0.5, 0.6) is 0 Å². The molecular weight excluding hydrogens is 234 g/mol. The quantitative estimate of drug-likeness (QED) is 0.502. The molecule has 18 heavy (non-hydrogen) atoms. The van der Waals surface area contributed by atoms with Gasteiger partial charge in [0.15, 0.2) is 0 Å². The molecule has 1 amide bonds. The van der Waals surface area contributed by atoms with E-state index >= 15 is 0 Å². The molecule has 1 saturated carbocycles. The fourth-order valence-electron chi connectivity index (χ4n) is 1.62. The maximum Gasteiger partial charge on any atom is 0.282 e. The third-order valence-electron chi connectivity index (χ3n) is 2.85. The van der Waals surface area contributed by atoms with E-state index in [1.54, 1.807) is 6.07 Å². The summed E-state index contributed by atoms with van der Waals surface area (Å²) in [4.78, 5) is 22.0. The predicted molar refractivity (Wildman–Crippen MR) is 66.4 cm³/mol. The number of benzene rings is 1. The van der Waals surface area contributed by atoms with Crippen molar-refractivity contribution in [2.24, 2.45) is 11.0 Å². The van der Waals surface area contributed by atoms with Gasteiger partial charge in [-0.1, -0.05) is 12.1 Å². The summed E-state index contributed by atoms with van der Waals surface area (Å²) in [6.07, 6.45) is 2.19. The van der Waals surface area contributed by atoms with Crippen LogP contribution in [0.15, 0.2) is 29.4 Å². The van der Waals surface area contributed by atoms with Crippen LogP contribution >= 0.6 is 0 Å². The van der Waals surface area contributed by atoms with E-state index in [9.17, 15) is 14.9 Å². The number of amides is 1. The third-order valence-corrected chi connectivity index (χ3v) is 2.85. The Morgan fingerprint density at radius 3 is 2.72 bits per heavy atom. The molecule has 0 aliphatic heterocycles. The summed E-state index contributed by atoms with van der Waals surface area (Å²) in [5.74, 6) is -0.0987. The predicted octanol–water partition coefficient (Wildman–Crippen LogP) is 2.11. The van der Waals surface area contributed by atoms with Crippen molar-refractivity contribution >= 4 is 17.3 Å². The molecule has 1 aliphatic rings. The van der Waals surface area contributed by atoms with Crippen molar-refractivity contribution in [3.05, 3.63) is 39.9 Å². The standard InChI is InChI=1S/C12H13N3O3/c1-8(9-6-7-9)13-14-12(16)10-4-2-3-5-11(10)15(17)18/h2-5,9H,6-7H2,1H3,(H,14,16). The van der Waals surface area contributed by atoms with Gasteiger partial charge in [0.05, 0.1) is 4.92 Å². The van der Waals surface area contributed by atoms with Crippen LogP contribution in [0.3, 0.4) is 0 Å². The zero-order valence-electron chi connectivity index (χ0n) is 9.92. The van der Waals surface area contributed by atoms with E-state index in [1.165, 1.54) is 18.2 Å². The molecule has 1 N–H and O–H groups in total. The van der Waals surface area contributed by atoms with Crippen LogP contribution in [0.2, 0.25) is 0 Å². The monoisotopic (exact) mass is 247 g/mol. The Morgan fingerprint density at radius 2 is 2.11 bits per heavy atom. The highest BCUT2D eigenvalue weighted by Crippen LogP contribution is 2.30. The lowest BCUT2D eigenvalue weighted by atomic mass is 10.2. The Labute approximate surface area is 104 Å². The minimum Gasteiger partial charge on any atom is -0.267 e. The van der Waals surface area contributed by atoms with Crippen LogP contribution in [0, 0.1) is 16.0 Å². The molecule has 0 radical (unpaired) electrons. The Morgan fingerprint density at radius 1 is 1.44 bits per heavy atom. The van der Waals surface area contributed by atoms with Gasteiger partial charge < -0.3 is 0 Å². The van der Waals surface area contributed by atoms with Crippen molar-refractivity contribution in [3.8, 4) is 0 Å². The van der Waals surface area contributed by atoms with Crippen molar-refractivity contribution in [2.45, 2.75) is 19.8 Å². The van der Waals surface area contributed by atoms with Crippen LogP contribution < -0.4 is 5.43 Å². The molecule has 0 bridgehead atoms. The number of para-hydroxylation sites is 1. The van der Waals surface area contributed by atoms with Crippen LogP contribution in [-0.4, -0.2) is 16.5 Å². The Balaban J connectivity index is 2.13. The van der Waals surface area contributed by atoms with E-state index < -0.39 is 10.8 Å². The smallest absolute Gasteiger partial charge is 0.267 e. The van der Waals surface area contributed by atoms with Crippen molar-refractivity contribution < 1.29 is 9.72 Å². The molecule has 1 aromatic carbocycles. The fraction of sp³-hybridized carbons (Fsp3) is 0.333. The van der Waals surface area contributed by atoms with Crippen LogP contribution in [0.1, 0.15) is 30.1 Å². The molecule has 94 valence electrons. The van der Waals surface area contributed by atoms with Gasteiger partial charge in [0, 0.05) is 11.8 Å². The van der Waals surface area contributed by atoms with Crippen LogP contribution in [0.25, 0.3) is 0 Å². The lowest BCUT2D eigenvalue weighted by molar-refractivity contribution is -0.385. The number of nitro benzene ring substituents is 1.